The molecule has 6 heteroatoms. The van der Waals surface area contributed by atoms with Gasteiger partial charge in [-0.05, 0) is 32.0 Å². The van der Waals surface area contributed by atoms with Crippen LogP contribution in [0.2, 0.25) is 0 Å². The van der Waals surface area contributed by atoms with Crippen LogP contribution in [0.3, 0.4) is 0 Å². The molecule has 102 valence electrons. The summed E-state index contributed by atoms with van der Waals surface area (Å²) in [5.41, 5.74) is 0.448. The molecule has 0 atom stereocenters. The lowest BCUT2D eigenvalue weighted by Crippen LogP contribution is -2.46. The number of anilines is 1. The monoisotopic (exact) mass is 280 g/mol. The lowest BCUT2D eigenvalue weighted by atomic mass is 10.1. The number of fused-ring (bicyclic) bond motifs is 1. The van der Waals surface area contributed by atoms with Crippen LogP contribution in [0.4, 0.5) is 5.69 Å². The van der Waals surface area contributed by atoms with Gasteiger partial charge in [0.2, 0.25) is 5.91 Å². The number of amides is 2. The first kappa shape index (κ1) is 13.9. The average molecular weight is 280 g/mol. The number of thioether (sulfide) groups is 1. The van der Waals surface area contributed by atoms with Crippen molar-refractivity contribution >= 4 is 29.3 Å². The number of benzene rings is 1. The van der Waals surface area contributed by atoms with Gasteiger partial charge in [0.05, 0.1) is 23.6 Å². The molecule has 0 unspecified atom stereocenters. The molecule has 0 bridgehead atoms. The number of aliphatic hydroxyl groups is 1. The van der Waals surface area contributed by atoms with E-state index >= 15 is 0 Å². The lowest BCUT2D eigenvalue weighted by molar-refractivity contribution is -0.113. The molecule has 1 aliphatic heterocycles. The van der Waals surface area contributed by atoms with Crippen molar-refractivity contribution < 1.29 is 14.7 Å². The van der Waals surface area contributed by atoms with E-state index in [9.17, 15) is 9.59 Å². The zero-order valence-corrected chi connectivity index (χ0v) is 11.6. The van der Waals surface area contributed by atoms with E-state index in [1.54, 1.807) is 26.0 Å². The van der Waals surface area contributed by atoms with Crippen LogP contribution in [0.5, 0.6) is 0 Å². The van der Waals surface area contributed by atoms with E-state index in [4.69, 9.17) is 5.11 Å². The molecule has 0 fully saturated rings. The molecular formula is C13H16N2O3S. The van der Waals surface area contributed by atoms with Crippen LogP contribution in [0.25, 0.3) is 0 Å². The van der Waals surface area contributed by atoms with Crippen LogP contribution in [0.15, 0.2) is 23.1 Å². The van der Waals surface area contributed by atoms with Crippen molar-refractivity contribution in [3.05, 3.63) is 23.8 Å². The summed E-state index contributed by atoms with van der Waals surface area (Å²) in [6.45, 7) is 3.33. The van der Waals surface area contributed by atoms with Crippen LogP contribution >= 0.6 is 11.8 Å². The minimum atomic E-state index is -0.676. The second-order valence-electron chi connectivity index (χ2n) is 5.04. The van der Waals surface area contributed by atoms with Crippen molar-refractivity contribution in [3.63, 3.8) is 0 Å². The molecular weight excluding hydrogens is 264 g/mol. The fraction of sp³-hybridized carbons (Fsp3) is 0.385. The molecule has 0 radical (unpaired) electrons. The number of hydrogen-bond donors (Lipinski definition) is 3. The summed E-state index contributed by atoms with van der Waals surface area (Å²) in [6.07, 6.45) is 0. The summed E-state index contributed by atoms with van der Waals surface area (Å²) in [5.74, 6) is 0.0632. The Hall–Kier alpha value is -1.53. The molecule has 2 amide bonds. The van der Waals surface area contributed by atoms with Gasteiger partial charge in [0, 0.05) is 10.5 Å². The summed E-state index contributed by atoms with van der Waals surface area (Å²) in [6, 6.07) is 5.19. The lowest BCUT2D eigenvalue weighted by Gasteiger charge is -2.24. The van der Waals surface area contributed by atoms with Crippen LogP contribution in [-0.4, -0.2) is 34.8 Å². The molecule has 2 rings (SSSR count). The molecule has 1 aromatic rings. The zero-order valence-electron chi connectivity index (χ0n) is 10.8. The average Bonchev–Trinajstić information content (AvgIpc) is 2.37. The Labute approximate surface area is 115 Å². The normalized spacial score (nSPS) is 14.6. The standard InChI is InChI=1S/C13H16N2O3S/c1-13(2,7-16)15-12(18)8-3-4-10-9(5-8)14-11(17)6-19-10/h3-5,16H,6-7H2,1-2H3,(H,14,17)(H,15,18). The molecule has 3 N–H and O–H groups in total. The van der Waals surface area contributed by atoms with Gasteiger partial charge in [-0.15, -0.1) is 11.8 Å². The predicted octanol–water partition coefficient (Wildman–Crippen LogP) is 1.23. The van der Waals surface area contributed by atoms with Gasteiger partial charge in [0.25, 0.3) is 5.91 Å². The molecule has 5 nitrogen and oxygen atoms in total. The van der Waals surface area contributed by atoms with Gasteiger partial charge < -0.3 is 15.7 Å². The Morgan fingerprint density at radius 2 is 2.26 bits per heavy atom. The molecule has 19 heavy (non-hydrogen) atoms. The predicted molar refractivity (Wildman–Crippen MR) is 74.4 cm³/mol. The van der Waals surface area contributed by atoms with Gasteiger partial charge >= 0.3 is 0 Å². The molecule has 0 saturated carbocycles. The van der Waals surface area contributed by atoms with E-state index in [2.05, 4.69) is 10.6 Å². The van der Waals surface area contributed by atoms with Crippen molar-refractivity contribution in [2.75, 3.05) is 17.7 Å². The van der Waals surface area contributed by atoms with E-state index in [0.29, 0.717) is 17.0 Å². The molecule has 0 saturated heterocycles. The highest BCUT2D eigenvalue weighted by atomic mass is 32.2. The van der Waals surface area contributed by atoms with Crippen LogP contribution in [-0.2, 0) is 4.79 Å². The van der Waals surface area contributed by atoms with Gasteiger partial charge in [-0.3, -0.25) is 9.59 Å². The maximum atomic E-state index is 12.0. The molecule has 1 aromatic carbocycles. The molecule has 0 aromatic heterocycles. The molecule has 0 spiro atoms. The van der Waals surface area contributed by atoms with Gasteiger partial charge in [0.1, 0.15) is 0 Å². The first-order chi connectivity index (χ1) is 8.91. The highest BCUT2D eigenvalue weighted by Crippen LogP contribution is 2.31. The number of rotatable bonds is 3. The van der Waals surface area contributed by atoms with Crippen molar-refractivity contribution in [3.8, 4) is 0 Å². The maximum absolute atomic E-state index is 12.0. The summed E-state index contributed by atoms with van der Waals surface area (Å²) in [7, 11) is 0. The third kappa shape index (κ3) is 3.27. The maximum Gasteiger partial charge on any atom is 0.251 e. The molecule has 0 aliphatic carbocycles. The molecule has 1 aliphatic rings. The Bertz CT molecular complexity index is 529. The number of hydrogen-bond acceptors (Lipinski definition) is 4. The summed E-state index contributed by atoms with van der Waals surface area (Å²) in [5, 5.41) is 14.6. The highest BCUT2D eigenvalue weighted by Gasteiger charge is 2.22. The third-order valence-corrected chi connectivity index (χ3v) is 3.80. The van der Waals surface area contributed by atoms with E-state index in [0.717, 1.165) is 4.90 Å². The molecule has 1 heterocycles. The summed E-state index contributed by atoms with van der Waals surface area (Å²) < 4.78 is 0. The minimum absolute atomic E-state index is 0.0641. The number of carbonyl (C=O) groups excluding carboxylic acids is 2. The summed E-state index contributed by atoms with van der Waals surface area (Å²) >= 11 is 1.45. The number of nitrogens with one attached hydrogen (secondary N) is 2. The zero-order chi connectivity index (χ0) is 14.0. The van der Waals surface area contributed by atoms with Gasteiger partial charge in [-0.2, -0.15) is 0 Å². The number of carbonyl (C=O) groups is 2. The van der Waals surface area contributed by atoms with Crippen LogP contribution in [0.1, 0.15) is 24.2 Å². The Morgan fingerprint density at radius 3 is 2.95 bits per heavy atom. The number of aliphatic hydroxyl groups excluding tert-OH is 1. The van der Waals surface area contributed by atoms with Crippen molar-refractivity contribution in [2.45, 2.75) is 24.3 Å². The van der Waals surface area contributed by atoms with Crippen LogP contribution in [0, 0.1) is 0 Å². The van der Waals surface area contributed by atoms with Crippen molar-refractivity contribution in [2.24, 2.45) is 0 Å². The van der Waals surface area contributed by atoms with Gasteiger partial charge in [-0.25, -0.2) is 0 Å². The Balaban J connectivity index is 2.20. The first-order valence-corrected chi connectivity index (χ1v) is 6.90. The summed E-state index contributed by atoms with van der Waals surface area (Å²) in [4.78, 5) is 24.3. The largest absolute Gasteiger partial charge is 0.394 e. The van der Waals surface area contributed by atoms with E-state index in [-0.39, 0.29) is 18.4 Å². The van der Waals surface area contributed by atoms with Crippen LogP contribution < -0.4 is 10.6 Å². The third-order valence-electron chi connectivity index (χ3n) is 2.72. The van der Waals surface area contributed by atoms with Crippen molar-refractivity contribution in [1.82, 2.24) is 5.32 Å². The fourth-order valence-electron chi connectivity index (χ4n) is 1.64. The second-order valence-corrected chi connectivity index (χ2v) is 6.06. The van der Waals surface area contributed by atoms with E-state index < -0.39 is 5.54 Å². The fourth-order valence-corrected chi connectivity index (χ4v) is 2.43. The minimum Gasteiger partial charge on any atom is -0.394 e. The van der Waals surface area contributed by atoms with E-state index in [1.807, 2.05) is 6.07 Å². The van der Waals surface area contributed by atoms with E-state index in [1.165, 1.54) is 11.8 Å². The smallest absolute Gasteiger partial charge is 0.251 e. The van der Waals surface area contributed by atoms with Gasteiger partial charge in [0.15, 0.2) is 0 Å². The second kappa shape index (κ2) is 5.22. The van der Waals surface area contributed by atoms with Gasteiger partial charge in [-0.1, -0.05) is 0 Å². The Kier molecular flexibility index (Phi) is 3.82. The topological polar surface area (TPSA) is 78.4 Å². The van der Waals surface area contributed by atoms with Crippen molar-refractivity contribution in [1.29, 1.82) is 0 Å². The highest BCUT2D eigenvalue weighted by molar-refractivity contribution is 8.00. The SMILES string of the molecule is CC(C)(CO)NC(=O)c1ccc2c(c1)NC(=O)CS2. The quantitative estimate of drug-likeness (QED) is 0.778. The first-order valence-electron chi connectivity index (χ1n) is 5.91. The Morgan fingerprint density at radius 1 is 1.53 bits per heavy atom.